The molecular weight excluding hydrogens is 498 g/mol. The Morgan fingerprint density at radius 2 is 1.28 bits per heavy atom. The molecule has 0 rings (SSSR count). The van der Waals surface area contributed by atoms with E-state index in [0.29, 0.717) is 32.2 Å². The minimum absolute atomic E-state index is 0.000545. The highest BCUT2D eigenvalue weighted by atomic mass is 16.7. The summed E-state index contributed by atoms with van der Waals surface area (Å²) < 4.78 is 9.82. The monoisotopic (exact) mass is 553 g/mol. The Labute approximate surface area is 236 Å². The molecule has 0 aromatic heterocycles. The molecule has 4 N–H and O–H groups in total. The first-order chi connectivity index (χ1) is 18.9. The molecule has 9 nitrogen and oxygen atoms in total. The number of carbonyl (C=O) groups is 4. The van der Waals surface area contributed by atoms with Gasteiger partial charge in [0.1, 0.15) is 0 Å². The van der Waals surface area contributed by atoms with E-state index >= 15 is 0 Å². The summed E-state index contributed by atoms with van der Waals surface area (Å²) in [5.41, 5.74) is 5.70. The molecule has 0 aliphatic rings. The summed E-state index contributed by atoms with van der Waals surface area (Å²) in [6.45, 7) is 2.27. The van der Waals surface area contributed by atoms with Gasteiger partial charge in [0, 0.05) is 26.4 Å². The molecule has 2 amide bonds. The molecule has 0 saturated heterocycles. The number of nitrogens with two attached hydrogens (primary N) is 1. The van der Waals surface area contributed by atoms with E-state index in [1.807, 2.05) is 0 Å². The maximum Gasteiger partial charge on any atom is 0.309 e. The van der Waals surface area contributed by atoms with Crippen molar-refractivity contribution in [2.45, 2.75) is 135 Å². The number of amides is 2. The van der Waals surface area contributed by atoms with E-state index in [-0.39, 0.29) is 30.6 Å². The Morgan fingerprint density at radius 3 is 1.90 bits per heavy atom. The van der Waals surface area contributed by atoms with Crippen molar-refractivity contribution in [1.29, 1.82) is 0 Å². The van der Waals surface area contributed by atoms with Gasteiger partial charge in [-0.05, 0) is 51.4 Å². The number of carbonyl (C=O) groups excluding carboxylic acids is 4. The number of esters is 2. The van der Waals surface area contributed by atoms with Gasteiger partial charge in [-0.1, -0.05) is 70.4 Å². The van der Waals surface area contributed by atoms with Gasteiger partial charge in [-0.15, -0.1) is 0 Å². The third-order valence-electron chi connectivity index (χ3n) is 6.49. The van der Waals surface area contributed by atoms with E-state index in [9.17, 15) is 19.2 Å². The second kappa shape index (κ2) is 27.2. The lowest BCUT2D eigenvalue weighted by atomic mass is 10.1. The van der Waals surface area contributed by atoms with E-state index in [1.54, 1.807) is 0 Å². The predicted molar refractivity (Wildman–Crippen MR) is 155 cm³/mol. The van der Waals surface area contributed by atoms with Crippen molar-refractivity contribution < 1.29 is 28.7 Å². The molecule has 0 heterocycles. The van der Waals surface area contributed by atoms with Gasteiger partial charge in [0.25, 0.3) is 0 Å². The molecular formula is C30H55N3O6. The van der Waals surface area contributed by atoms with Gasteiger partial charge >= 0.3 is 11.9 Å². The first kappa shape index (κ1) is 36.6. The third-order valence-corrected chi connectivity index (χ3v) is 6.49. The molecule has 0 bridgehead atoms. The number of hydrogen-bond acceptors (Lipinski definition) is 7. The van der Waals surface area contributed by atoms with Gasteiger partial charge in [-0.25, -0.2) is 0 Å². The van der Waals surface area contributed by atoms with Crippen molar-refractivity contribution in [2.24, 2.45) is 5.73 Å². The fourth-order valence-corrected chi connectivity index (χ4v) is 3.98. The predicted octanol–water partition coefficient (Wildman–Crippen LogP) is 5.21. The average Bonchev–Trinajstić information content (AvgIpc) is 2.93. The van der Waals surface area contributed by atoms with E-state index in [2.05, 4.69) is 29.7 Å². The van der Waals surface area contributed by atoms with Crippen LogP contribution in [0.5, 0.6) is 0 Å². The van der Waals surface area contributed by atoms with Crippen LogP contribution in [0.1, 0.15) is 129 Å². The SMILES string of the molecule is CCCCCCCCC=CCCCCCCCC(=O)OCOC(=O)CCC(=O)NCCCCC(N)C(=O)NC. The molecule has 1 atom stereocenters. The number of hydrogen-bond donors (Lipinski definition) is 3. The second-order valence-corrected chi connectivity index (χ2v) is 10.1. The molecule has 0 aromatic carbocycles. The first-order valence-corrected chi connectivity index (χ1v) is 15.1. The topological polar surface area (TPSA) is 137 Å². The van der Waals surface area contributed by atoms with Crippen LogP contribution < -0.4 is 16.4 Å². The number of likely N-dealkylation sites (N-methyl/N-ethyl adjacent to an activating group) is 1. The summed E-state index contributed by atoms with van der Waals surface area (Å²) >= 11 is 0. The van der Waals surface area contributed by atoms with E-state index in [4.69, 9.17) is 15.2 Å². The number of allylic oxidation sites excluding steroid dienone is 2. The van der Waals surface area contributed by atoms with Crippen LogP contribution in [0.3, 0.4) is 0 Å². The Morgan fingerprint density at radius 1 is 0.718 bits per heavy atom. The zero-order valence-corrected chi connectivity index (χ0v) is 24.6. The van der Waals surface area contributed by atoms with Crippen molar-refractivity contribution >= 4 is 23.8 Å². The molecule has 0 saturated carbocycles. The smallest absolute Gasteiger partial charge is 0.309 e. The molecule has 0 spiro atoms. The lowest BCUT2D eigenvalue weighted by Crippen LogP contribution is -2.38. The molecule has 9 heteroatoms. The number of rotatable bonds is 26. The van der Waals surface area contributed by atoms with Crippen LogP contribution >= 0.6 is 0 Å². The number of nitrogens with one attached hydrogen (secondary N) is 2. The Balaban J connectivity index is 3.51. The van der Waals surface area contributed by atoms with Crippen LogP contribution in [0.2, 0.25) is 0 Å². The Hall–Kier alpha value is -2.42. The third kappa shape index (κ3) is 25.6. The highest BCUT2D eigenvalue weighted by Gasteiger charge is 2.11. The summed E-state index contributed by atoms with van der Waals surface area (Å²) in [5, 5.41) is 5.21. The van der Waals surface area contributed by atoms with Gasteiger partial charge in [0.15, 0.2) is 0 Å². The van der Waals surface area contributed by atoms with Crippen LogP contribution in [-0.4, -0.2) is 50.2 Å². The average molecular weight is 554 g/mol. The summed E-state index contributed by atoms with van der Waals surface area (Å²) in [6.07, 6.45) is 22.3. The lowest BCUT2D eigenvalue weighted by Gasteiger charge is -2.10. The first-order valence-electron chi connectivity index (χ1n) is 15.1. The fourth-order valence-electron chi connectivity index (χ4n) is 3.98. The molecule has 0 fully saturated rings. The summed E-state index contributed by atoms with van der Waals surface area (Å²) in [5.74, 6) is -1.43. The molecule has 0 radical (unpaired) electrons. The minimum Gasteiger partial charge on any atom is -0.428 e. The molecule has 0 aliphatic heterocycles. The van der Waals surface area contributed by atoms with Gasteiger partial charge in [0.05, 0.1) is 12.5 Å². The highest BCUT2D eigenvalue weighted by molar-refractivity contribution is 5.81. The minimum atomic E-state index is -0.587. The van der Waals surface area contributed by atoms with Crippen LogP contribution in [-0.2, 0) is 28.7 Å². The lowest BCUT2D eigenvalue weighted by molar-refractivity contribution is -0.167. The van der Waals surface area contributed by atoms with Crippen molar-refractivity contribution in [3.05, 3.63) is 12.2 Å². The quantitative estimate of drug-likeness (QED) is 0.0579. The van der Waals surface area contributed by atoms with Crippen LogP contribution in [0, 0.1) is 0 Å². The second-order valence-electron chi connectivity index (χ2n) is 10.1. The Kier molecular flexibility index (Phi) is 25.5. The van der Waals surface area contributed by atoms with Crippen molar-refractivity contribution in [2.75, 3.05) is 20.4 Å². The summed E-state index contributed by atoms with van der Waals surface area (Å²) in [6, 6.07) is -0.545. The molecule has 0 aliphatic carbocycles. The van der Waals surface area contributed by atoms with Gasteiger partial charge < -0.3 is 25.8 Å². The normalized spacial score (nSPS) is 11.8. The zero-order chi connectivity index (χ0) is 29.0. The molecule has 0 aromatic rings. The van der Waals surface area contributed by atoms with Crippen molar-refractivity contribution in [1.82, 2.24) is 10.6 Å². The number of ether oxygens (including phenoxy) is 2. The van der Waals surface area contributed by atoms with Crippen molar-refractivity contribution in [3.63, 3.8) is 0 Å². The summed E-state index contributed by atoms with van der Waals surface area (Å²) in [4.78, 5) is 46.6. The maximum atomic E-state index is 11.8. The molecule has 226 valence electrons. The summed E-state index contributed by atoms with van der Waals surface area (Å²) in [7, 11) is 1.54. The maximum absolute atomic E-state index is 11.8. The van der Waals surface area contributed by atoms with E-state index in [0.717, 1.165) is 32.1 Å². The largest absolute Gasteiger partial charge is 0.428 e. The number of unbranched alkanes of at least 4 members (excludes halogenated alkanes) is 12. The molecule has 1 unspecified atom stereocenters. The zero-order valence-electron chi connectivity index (χ0n) is 24.6. The standard InChI is InChI=1S/C30H55N3O6/c1-3-4-5-6-7-8-9-10-11-12-13-14-15-16-17-21-28(35)38-25-39-29(36)23-22-27(34)33-24-19-18-20-26(31)30(37)32-2/h10-11,26H,3-9,12-25,31H2,1-2H3,(H,32,37)(H,33,34). The van der Waals surface area contributed by atoms with Crippen LogP contribution in [0.25, 0.3) is 0 Å². The van der Waals surface area contributed by atoms with E-state index in [1.165, 1.54) is 58.4 Å². The van der Waals surface area contributed by atoms with E-state index < -0.39 is 18.8 Å². The molecule has 39 heavy (non-hydrogen) atoms. The van der Waals surface area contributed by atoms with Crippen LogP contribution in [0.4, 0.5) is 0 Å². The van der Waals surface area contributed by atoms with Gasteiger partial charge in [-0.3, -0.25) is 19.2 Å². The van der Waals surface area contributed by atoms with Crippen LogP contribution in [0.15, 0.2) is 12.2 Å². The fraction of sp³-hybridized carbons (Fsp3) is 0.800. The Bertz CT molecular complexity index is 684. The van der Waals surface area contributed by atoms with Gasteiger partial charge in [-0.2, -0.15) is 0 Å². The van der Waals surface area contributed by atoms with Gasteiger partial charge in [0.2, 0.25) is 18.6 Å². The highest BCUT2D eigenvalue weighted by Crippen LogP contribution is 2.10. The van der Waals surface area contributed by atoms with Crippen molar-refractivity contribution in [3.8, 4) is 0 Å².